The van der Waals surface area contributed by atoms with E-state index in [0.717, 1.165) is 34.7 Å². The van der Waals surface area contributed by atoms with Crippen LogP contribution < -0.4 is 15.4 Å². The summed E-state index contributed by atoms with van der Waals surface area (Å²) < 4.78 is 6.31. The van der Waals surface area contributed by atoms with Crippen molar-refractivity contribution in [2.75, 3.05) is 23.8 Å². The van der Waals surface area contributed by atoms with Crippen LogP contribution in [-0.2, 0) is 0 Å². The number of benzene rings is 1. The summed E-state index contributed by atoms with van der Waals surface area (Å²) in [5.74, 6) is 2.16. The van der Waals surface area contributed by atoms with E-state index in [-0.39, 0.29) is 0 Å². The zero-order chi connectivity index (χ0) is 15.1. The minimum Gasteiger partial charge on any atom is -0.494 e. The van der Waals surface area contributed by atoms with Crippen LogP contribution in [0.4, 0.5) is 17.5 Å². The van der Waals surface area contributed by atoms with Crippen LogP contribution in [-0.4, -0.2) is 23.1 Å². The van der Waals surface area contributed by atoms with Gasteiger partial charge in [0.25, 0.3) is 0 Å². The minimum atomic E-state index is 0.614. The van der Waals surface area contributed by atoms with Crippen molar-refractivity contribution in [1.82, 2.24) is 9.97 Å². The highest BCUT2D eigenvalue weighted by atomic mass is 79.9. The van der Waals surface area contributed by atoms with Crippen molar-refractivity contribution in [3.05, 3.63) is 34.9 Å². The summed E-state index contributed by atoms with van der Waals surface area (Å²) in [5, 5.41) is 6.44. The number of nitrogens with one attached hydrogen (secondary N) is 2. The zero-order valence-corrected chi connectivity index (χ0v) is 13.8. The van der Waals surface area contributed by atoms with Gasteiger partial charge in [-0.05, 0) is 41.4 Å². The predicted molar refractivity (Wildman–Crippen MR) is 89.4 cm³/mol. The molecule has 5 nitrogen and oxygen atoms in total. The Labute approximate surface area is 133 Å². The number of rotatable bonds is 7. The standard InChI is InChI=1S/C15H19BrN4O/c1-3-8-17-15-18-10-13(16)14(20-15)19-11-6-5-7-12(9-11)21-4-2/h5-7,9-10H,3-4,8H2,1-2H3,(H2,17,18,19,20). The van der Waals surface area contributed by atoms with Gasteiger partial charge in [0.15, 0.2) is 0 Å². The first-order valence-corrected chi connectivity index (χ1v) is 7.78. The topological polar surface area (TPSA) is 59.1 Å². The Bertz CT molecular complexity index is 592. The van der Waals surface area contributed by atoms with Crippen molar-refractivity contribution in [1.29, 1.82) is 0 Å². The lowest BCUT2D eigenvalue weighted by atomic mass is 10.3. The molecule has 21 heavy (non-hydrogen) atoms. The maximum absolute atomic E-state index is 5.49. The molecule has 0 amide bonds. The summed E-state index contributed by atoms with van der Waals surface area (Å²) in [4.78, 5) is 8.69. The summed E-state index contributed by atoms with van der Waals surface area (Å²) in [7, 11) is 0. The van der Waals surface area contributed by atoms with Gasteiger partial charge >= 0.3 is 0 Å². The van der Waals surface area contributed by atoms with E-state index in [1.165, 1.54) is 0 Å². The van der Waals surface area contributed by atoms with Crippen LogP contribution in [0.5, 0.6) is 5.75 Å². The average molecular weight is 351 g/mol. The maximum atomic E-state index is 5.49. The summed E-state index contributed by atoms with van der Waals surface area (Å²) in [5.41, 5.74) is 0.918. The van der Waals surface area contributed by atoms with Crippen LogP contribution in [0.15, 0.2) is 34.9 Å². The molecule has 0 radical (unpaired) electrons. The van der Waals surface area contributed by atoms with Gasteiger partial charge in [-0.2, -0.15) is 4.98 Å². The average Bonchev–Trinajstić information content (AvgIpc) is 2.49. The third kappa shape index (κ3) is 4.60. The van der Waals surface area contributed by atoms with Crippen LogP contribution in [0.2, 0.25) is 0 Å². The smallest absolute Gasteiger partial charge is 0.224 e. The number of ether oxygens (including phenoxy) is 1. The quantitative estimate of drug-likeness (QED) is 0.783. The van der Waals surface area contributed by atoms with Crippen LogP contribution in [0.1, 0.15) is 20.3 Å². The van der Waals surface area contributed by atoms with E-state index >= 15 is 0 Å². The lowest BCUT2D eigenvalue weighted by molar-refractivity contribution is 0.340. The second-order valence-electron chi connectivity index (χ2n) is 4.40. The lowest BCUT2D eigenvalue weighted by Gasteiger charge is -2.11. The SMILES string of the molecule is CCCNc1ncc(Br)c(Nc2cccc(OCC)c2)n1. The molecule has 0 saturated heterocycles. The van der Waals surface area contributed by atoms with E-state index in [2.05, 4.69) is 43.5 Å². The Morgan fingerprint density at radius 3 is 2.90 bits per heavy atom. The number of anilines is 3. The molecule has 0 fully saturated rings. The summed E-state index contributed by atoms with van der Waals surface area (Å²) in [6.07, 6.45) is 2.76. The van der Waals surface area contributed by atoms with Crippen LogP contribution in [0, 0.1) is 0 Å². The normalized spacial score (nSPS) is 10.2. The molecule has 0 saturated carbocycles. The predicted octanol–water partition coefficient (Wildman–Crippen LogP) is 4.20. The molecule has 0 atom stereocenters. The van der Waals surface area contributed by atoms with Crippen molar-refractivity contribution in [2.45, 2.75) is 20.3 Å². The van der Waals surface area contributed by atoms with E-state index in [1.807, 2.05) is 31.2 Å². The van der Waals surface area contributed by atoms with Crippen LogP contribution in [0.25, 0.3) is 0 Å². The van der Waals surface area contributed by atoms with E-state index in [4.69, 9.17) is 4.74 Å². The molecule has 0 aliphatic carbocycles. The Balaban J connectivity index is 2.16. The van der Waals surface area contributed by atoms with Crippen molar-refractivity contribution >= 4 is 33.4 Å². The fourth-order valence-corrected chi connectivity index (χ4v) is 2.03. The highest BCUT2D eigenvalue weighted by molar-refractivity contribution is 9.10. The number of nitrogens with zero attached hydrogens (tertiary/aromatic N) is 2. The lowest BCUT2D eigenvalue weighted by Crippen LogP contribution is -2.06. The molecule has 0 bridgehead atoms. The first-order chi connectivity index (χ1) is 10.2. The molecule has 0 unspecified atom stereocenters. The molecule has 112 valence electrons. The van der Waals surface area contributed by atoms with Gasteiger partial charge in [-0.3, -0.25) is 0 Å². The number of aromatic nitrogens is 2. The largest absolute Gasteiger partial charge is 0.494 e. The molecule has 0 aliphatic rings. The Morgan fingerprint density at radius 1 is 1.29 bits per heavy atom. The van der Waals surface area contributed by atoms with Gasteiger partial charge in [0.1, 0.15) is 11.6 Å². The van der Waals surface area contributed by atoms with Gasteiger partial charge in [-0.15, -0.1) is 0 Å². The number of hydrogen-bond donors (Lipinski definition) is 2. The molecule has 2 rings (SSSR count). The van der Waals surface area contributed by atoms with Gasteiger partial charge in [0, 0.05) is 24.5 Å². The molecule has 2 aromatic rings. The molecule has 0 spiro atoms. The third-order valence-electron chi connectivity index (χ3n) is 2.68. The number of hydrogen-bond acceptors (Lipinski definition) is 5. The molecule has 1 aromatic heterocycles. The minimum absolute atomic E-state index is 0.614. The molecule has 1 aromatic carbocycles. The van der Waals surface area contributed by atoms with E-state index in [0.29, 0.717) is 12.6 Å². The molecular weight excluding hydrogens is 332 g/mol. The molecular formula is C15H19BrN4O. The highest BCUT2D eigenvalue weighted by Gasteiger charge is 2.06. The van der Waals surface area contributed by atoms with Gasteiger partial charge in [0.2, 0.25) is 5.95 Å². The first-order valence-electron chi connectivity index (χ1n) is 6.99. The van der Waals surface area contributed by atoms with Gasteiger partial charge in [-0.25, -0.2) is 4.98 Å². The Hall–Kier alpha value is -1.82. The summed E-state index contributed by atoms with van der Waals surface area (Å²) in [6, 6.07) is 7.78. The second-order valence-corrected chi connectivity index (χ2v) is 5.26. The van der Waals surface area contributed by atoms with Gasteiger partial charge < -0.3 is 15.4 Å². The fraction of sp³-hybridized carbons (Fsp3) is 0.333. The van der Waals surface area contributed by atoms with Crippen molar-refractivity contribution in [3.8, 4) is 5.75 Å². The van der Waals surface area contributed by atoms with Crippen LogP contribution >= 0.6 is 15.9 Å². The zero-order valence-electron chi connectivity index (χ0n) is 12.2. The molecule has 6 heteroatoms. The van der Waals surface area contributed by atoms with Gasteiger partial charge in [0.05, 0.1) is 11.1 Å². The summed E-state index contributed by atoms with van der Waals surface area (Å²) >= 11 is 3.46. The highest BCUT2D eigenvalue weighted by Crippen LogP contribution is 2.26. The molecule has 2 N–H and O–H groups in total. The monoisotopic (exact) mass is 350 g/mol. The maximum Gasteiger partial charge on any atom is 0.224 e. The van der Waals surface area contributed by atoms with Gasteiger partial charge in [-0.1, -0.05) is 13.0 Å². The summed E-state index contributed by atoms with van der Waals surface area (Å²) in [6.45, 7) is 5.56. The Morgan fingerprint density at radius 2 is 2.14 bits per heavy atom. The van der Waals surface area contributed by atoms with Crippen molar-refractivity contribution in [2.24, 2.45) is 0 Å². The van der Waals surface area contributed by atoms with E-state index in [9.17, 15) is 0 Å². The number of halogens is 1. The van der Waals surface area contributed by atoms with E-state index < -0.39 is 0 Å². The molecule has 0 aliphatic heterocycles. The van der Waals surface area contributed by atoms with Crippen molar-refractivity contribution < 1.29 is 4.74 Å². The molecule has 1 heterocycles. The van der Waals surface area contributed by atoms with Crippen LogP contribution in [0.3, 0.4) is 0 Å². The fourth-order valence-electron chi connectivity index (χ4n) is 1.74. The third-order valence-corrected chi connectivity index (χ3v) is 3.27. The first kappa shape index (κ1) is 15.6. The second kappa shape index (κ2) is 7.83. The Kier molecular flexibility index (Phi) is 5.80. The van der Waals surface area contributed by atoms with E-state index in [1.54, 1.807) is 6.20 Å². The van der Waals surface area contributed by atoms with Crippen molar-refractivity contribution in [3.63, 3.8) is 0 Å².